The second-order valence-electron chi connectivity index (χ2n) is 8.49. The topological polar surface area (TPSA) is 100 Å². The van der Waals surface area contributed by atoms with Crippen molar-refractivity contribution in [1.29, 1.82) is 0 Å². The number of hydrogen-bond acceptors (Lipinski definition) is 8. The fraction of sp³-hybridized carbons (Fsp3) is 0.292. The number of hydrogen-bond donors (Lipinski definition) is 2. The summed E-state index contributed by atoms with van der Waals surface area (Å²) in [5.74, 6) is 0.336. The normalized spacial score (nSPS) is 14.6. The number of halogens is 1. The van der Waals surface area contributed by atoms with Crippen LogP contribution < -0.4 is 10.0 Å². The number of rotatable bonds is 8. The zero-order valence-corrected chi connectivity index (χ0v) is 21.6. The summed E-state index contributed by atoms with van der Waals surface area (Å²) in [5.41, 5.74) is 4.19. The molecule has 2 N–H and O–H groups in total. The summed E-state index contributed by atoms with van der Waals surface area (Å²) in [4.78, 5) is 8.14. The van der Waals surface area contributed by atoms with Crippen molar-refractivity contribution in [1.82, 2.24) is 24.8 Å². The summed E-state index contributed by atoms with van der Waals surface area (Å²) in [5, 5.41) is 11.6. The predicted octanol–water partition coefficient (Wildman–Crippen LogP) is 4.83. The number of likely N-dealkylation sites (tertiary alicyclic amines) is 1. The molecule has 1 aliphatic rings. The zero-order valence-electron chi connectivity index (χ0n) is 19.2. The second-order valence-corrected chi connectivity index (χ2v) is 12.0. The molecule has 35 heavy (non-hydrogen) atoms. The summed E-state index contributed by atoms with van der Waals surface area (Å²) in [6.45, 7) is 5.23. The summed E-state index contributed by atoms with van der Waals surface area (Å²) < 4.78 is 28.6. The molecule has 1 fully saturated rings. The number of benzene rings is 2. The first kappa shape index (κ1) is 24.1. The van der Waals surface area contributed by atoms with E-state index in [1.54, 1.807) is 24.3 Å². The Morgan fingerprint density at radius 3 is 2.51 bits per heavy atom. The monoisotopic (exact) mass is 528 g/mol. The van der Waals surface area contributed by atoms with E-state index in [0.717, 1.165) is 40.0 Å². The van der Waals surface area contributed by atoms with Gasteiger partial charge in [0.05, 0.1) is 14.7 Å². The molecule has 0 radical (unpaired) electrons. The van der Waals surface area contributed by atoms with E-state index < -0.39 is 10.0 Å². The maximum absolute atomic E-state index is 12.6. The summed E-state index contributed by atoms with van der Waals surface area (Å²) in [6.07, 6.45) is 2.37. The molecule has 0 saturated carbocycles. The second kappa shape index (κ2) is 10.2. The van der Waals surface area contributed by atoms with E-state index in [-0.39, 0.29) is 4.90 Å². The van der Waals surface area contributed by atoms with Crippen LogP contribution in [0.15, 0.2) is 53.4 Å². The van der Waals surface area contributed by atoms with Gasteiger partial charge in [-0.1, -0.05) is 11.6 Å². The average molecular weight is 529 g/mol. The Hall–Kier alpha value is -2.63. The number of fused-ring (bicyclic) bond motifs is 1. The molecule has 0 aliphatic carbocycles. The Balaban J connectivity index is 1.27. The Labute approximate surface area is 213 Å². The summed E-state index contributed by atoms with van der Waals surface area (Å²) in [6, 6.07) is 14.3. The van der Waals surface area contributed by atoms with Crippen molar-refractivity contribution in [3.8, 4) is 10.4 Å². The van der Waals surface area contributed by atoms with Crippen molar-refractivity contribution in [3.05, 3.63) is 58.4 Å². The largest absolute Gasteiger partial charge is 0.323 e. The first-order valence-corrected chi connectivity index (χ1v) is 14.0. The third kappa shape index (κ3) is 5.62. The number of sulfonamides is 1. The van der Waals surface area contributed by atoms with Gasteiger partial charge < -0.3 is 10.2 Å². The number of nitrogens with one attached hydrogen (secondary N) is 2. The van der Waals surface area contributed by atoms with E-state index >= 15 is 0 Å². The van der Waals surface area contributed by atoms with Gasteiger partial charge in [-0.15, -0.1) is 21.5 Å². The number of nitrogens with zero attached hydrogens (tertiary/aromatic N) is 4. The Bertz CT molecular complexity index is 1450. The van der Waals surface area contributed by atoms with E-state index in [9.17, 15) is 8.42 Å². The SMILES string of the molecule is Cc1cc2nc(Nc3ccc(S(=O)(=O)NCCN4CCCC4)cc3)nnc2cc1-c1ccc(Cl)s1. The minimum atomic E-state index is -3.56. The van der Waals surface area contributed by atoms with Crippen molar-refractivity contribution in [2.75, 3.05) is 31.5 Å². The first-order chi connectivity index (χ1) is 16.9. The van der Waals surface area contributed by atoms with Crippen LogP contribution in [-0.4, -0.2) is 54.7 Å². The third-order valence-corrected chi connectivity index (χ3v) is 8.72. The molecule has 2 aromatic heterocycles. The lowest BCUT2D eigenvalue weighted by atomic mass is 10.1. The molecule has 0 atom stereocenters. The number of anilines is 2. The van der Waals surface area contributed by atoms with Crippen LogP contribution in [0.4, 0.5) is 11.6 Å². The van der Waals surface area contributed by atoms with E-state index in [2.05, 4.69) is 30.1 Å². The maximum atomic E-state index is 12.6. The standard InChI is InChI=1S/C24H25ClN6O2S2/c1-16-14-20-21(15-19(16)22-8-9-23(25)34-22)29-30-24(28-20)27-17-4-6-18(7-5-17)35(32,33)26-10-13-31-11-2-3-12-31/h4-9,14-15,26H,2-3,10-13H2,1H3,(H,27,28,30). The smallest absolute Gasteiger partial charge is 0.247 e. The minimum Gasteiger partial charge on any atom is -0.323 e. The van der Waals surface area contributed by atoms with Crippen LogP contribution in [0, 0.1) is 6.92 Å². The van der Waals surface area contributed by atoms with Gasteiger partial charge in [0, 0.05) is 23.7 Å². The van der Waals surface area contributed by atoms with E-state index in [1.165, 1.54) is 24.2 Å². The van der Waals surface area contributed by atoms with Gasteiger partial charge in [-0.25, -0.2) is 18.1 Å². The van der Waals surface area contributed by atoms with Gasteiger partial charge in [0.2, 0.25) is 16.0 Å². The molecule has 11 heteroatoms. The van der Waals surface area contributed by atoms with Crippen LogP contribution in [0.5, 0.6) is 0 Å². The average Bonchev–Trinajstić information content (AvgIpc) is 3.51. The first-order valence-electron chi connectivity index (χ1n) is 11.4. The molecule has 4 aromatic rings. The van der Waals surface area contributed by atoms with Crippen LogP contribution in [0.2, 0.25) is 4.34 Å². The highest BCUT2D eigenvalue weighted by atomic mass is 35.5. The molecule has 5 rings (SSSR count). The molecular formula is C24H25ClN6O2S2. The van der Waals surface area contributed by atoms with Crippen molar-refractivity contribution in [3.63, 3.8) is 0 Å². The summed E-state index contributed by atoms with van der Waals surface area (Å²) in [7, 11) is -3.56. The molecule has 1 saturated heterocycles. The molecule has 0 unspecified atom stereocenters. The molecular weight excluding hydrogens is 504 g/mol. The molecule has 0 spiro atoms. The lowest BCUT2D eigenvalue weighted by Gasteiger charge is -2.15. The van der Waals surface area contributed by atoms with E-state index in [0.29, 0.717) is 29.2 Å². The number of thiophene rings is 1. The van der Waals surface area contributed by atoms with Crippen LogP contribution >= 0.6 is 22.9 Å². The predicted molar refractivity (Wildman–Crippen MR) is 141 cm³/mol. The minimum absolute atomic E-state index is 0.221. The lowest BCUT2D eigenvalue weighted by Crippen LogP contribution is -2.33. The third-order valence-electron chi connectivity index (χ3n) is 5.98. The van der Waals surface area contributed by atoms with Gasteiger partial charge in [0.1, 0.15) is 5.52 Å². The molecule has 182 valence electrons. The maximum Gasteiger partial charge on any atom is 0.247 e. The molecule has 3 heterocycles. The fourth-order valence-corrected chi connectivity index (χ4v) is 6.29. The Morgan fingerprint density at radius 2 is 1.80 bits per heavy atom. The van der Waals surface area contributed by atoms with Crippen LogP contribution in [0.1, 0.15) is 18.4 Å². The van der Waals surface area contributed by atoms with E-state index in [4.69, 9.17) is 11.6 Å². The van der Waals surface area contributed by atoms with Crippen molar-refractivity contribution >= 4 is 55.6 Å². The van der Waals surface area contributed by atoms with Gasteiger partial charge in [0.15, 0.2) is 0 Å². The van der Waals surface area contributed by atoms with Gasteiger partial charge in [-0.2, -0.15) is 0 Å². The van der Waals surface area contributed by atoms with E-state index in [1.807, 2.05) is 31.2 Å². The molecule has 1 aliphatic heterocycles. The molecule has 8 nitrogen and oxygen atoms in total. The van der Waals surface area contributed by atoms with Crippen molar-refractivity contribution < 1.29 is 8.42 Å². The molecule has 0 amide bonds. The Morgan fingerprint density at radius 1 is 1.03 bits per heavy atom. The zero-order chi connectivity index (χ0) is 24.4. The van der Waals surface area contributed by atoms with Gasteiger partial charge >= 0.3 is 0 Å². The van der Waals surface area contributed by atoms with Gasteiger partial charge in [0.25, 0.3) is 0 Å². The van der Waals surface area contributed by atoms with Crippen LogP contribution in [-0.2, 0) is 10.0 Å². The van der Waals surface area contributed by atoms with Crippen LogP contribution in [0.3, 0.4) is 0 Å². The van der Waals surface area contributed by atoms with Gasteiger partial charge in [-0.05, 0) is 92.5 Å². The number of aryl methyl sites for hydroxylation is 1. The highest BCUT2D eigenvalue weighted by molar-refractivity contribution is 7.89. The van der Waals surface area contributed by atoms with Crippen molar-refractivity contribution in [2.45, 2.75) is 24.7 Å². The van der Waals surface area contributed by atoms with Crippen molar-refractivity contribution in [2.24, 2.45) is 0 Å². The molecule has 0 bridgehead atoms. The molecule has 2 aromatic carbocycles. The van der Waals surface area contributed by atoms with Gasteiger partial charge in [-0.3, -0.25) is 0 Å². The summed E-state index contributed by atoms with van der Waals surface area (Å²) >= 11 is 7.61. The van der Waals surface area contributed by atoms with Crippen LogP contribution in [0.25, 0.3) is 21.5 Å². The highest BCUT2D eigenvalue weighted by Crippen LogP contribution is 2.34. The Kier molecular flexibility index (Phi) is 6.99. The lowest BCUT2D eigenvalue weighted by molar-refractivity contribution is 0.344. The number of aromatic nitrogens is 3. The quantitative estimate of drug-likeness (QED) is 0.338. The highest BCUT2D eigenvalue weighted by Gasteiger charge is 2.16. The fourth-order valence-electron chi connectivity index (χ4n) is 4.14.